The summed E-state index contributed by atoms with van der Waals surface area (Å²) in [6, 6.07) is 10.6. The number of nitrogens with zero attached hydrogens (tertiary/aromatic N) is 1. The molecule has 0 aliphatic carbocycles. The van der Waals surface area contributed by atoms with Crippen LogP contribution in [0.4, 0.5) is 0 Å². The highest BCUT2D eigenvalue weighted by Gasteiger charge is 2.38. The Kier molecular flexibility index (Phi) is 3.41. The molecule has 2 aliphatic heterocycles. The van der Waals surface area contributed by atoms with E-state index in [0.717, 1.165) is 31.1 Å². The second kappa shape index (κ2) is 5.01. The number of piperidine rings is 1. The van der Waals surface area contributed by atoms with E-state index >= 15 is 0 Å². The number of aliphatic hydroxyl groups excluding tert-OH is 1. The van der Waals surface area contributed by atoms with Crippen molar-refractivity contribution in [3.63, 3.8) is 0 Å². The lowest BCUT2D eigenvalue weighted by molar-refractivity contribution is -0.0111. The smallest absolute Gasteiger partial charge is 0.0636 e. The van der Waals surface area contributed by atoms with Gasteiger partial charge < -0.3 is 5.11 Å². The molecule has 3 rings (SSSR count). The number of benzene rings is 1. The summed E-state index contributed by atoms with van der Waals surface area (Å²) in [7, 11) is 0. The van der Waals surface area contributed by atoms with Gasteiger partial charge in [0, 0.05) is 31.5 Å². The van der Waals surface area contributed by atoms with Gasteiger partial charge in [-0.05, 0) is 17.1 Å². The summed E-state index contributed by atoms with van der Waals surface area (Å²) < 4.78 is 0. The van der Waals surface area contributed by atoms with Crippen LogP contribution in [0.1, 0.15) is 5.56 Å². The zero-order valence-electron chi connectivity index (χ0n) is 9.96. The summed E-state index contributed by atoms with van der Waals surface area (Å²) in [5, 5.41) is 10.1. The van der Waals surface area contributed by atoms with E-state index in [0.29, 0.717) is 11.8 Å². The summed E-state index contributed by atoms with van der Waals surface area (Å²) in [5.41, 5.74) is 1.38. The minimum Gasteiger partial charge on any atom is -0.392 e. The molecule has 2 unspecified atom stereocenters. The van der Waals surface area contributed by atoms with Gasteiger partial charge in [0.1, 0.15) is 0 Å². The monoisotopic (exact) mass is 249 g/mol. The molecule has 1 N–H and O–H groups in total. The summed E-state index contributed by atoms with van der Waals surface area (Å²) in [6.07, 6.45) is -0.0525. The number of fused-ring (bicyclic) bond motifs is 2. The second-order valence-corrected chi connectivity index (χ2v) is 6.30. The van der Waals surface area contributed by atoms with Gasteiger partial charge in [0.2, 0.25) is 0 Å². The van der Waals surface area contributed by atoms with Gasteiger partial charge >= 0.3 is 0 Å². The van der Waals surface area contributed by atoms with E-state index in [1.165, 1.54) is 5.56 Å². The number of rotatable bonds is 2. The lowest BCUT2D eigenvalue weighted by Crippen LogP contribution is -2.52. The van der Waals surface area contributed by atoms with Crippen molar-refractivity contribution in [2.24, 2.45) is 11.8 Å². The zero-order chi connectivity index (χ0) is 11.7. The first kappa shape index (κ1) is 11.6. The quantitative estimate of drug-likeness (QED) is 0.865. The van der Waals surface area contributed by atoms with Crippen molar-refractivity contribution in [1.29, 1.82) is 0 Å². The molecule has 92 valence electrons. The third-order valence-corrected chi connectivity index (χ3v) is 5.19. The lowest BCUT2D eigenvalue weighted by atomic mass is 9.87. The SMILES string of the molecule is OC1C2CSCC1CN(Cc1ccccc1)C2. The van der Waals surface area contributed by atoms with Crippen molar-refractivity contribution in [2.75, 3.05) is 24.6 Å². The van der Waals surface area contributed by atoms with Crippen LogP contribution >= 0.6 is 11.8 Å². The van der Waals surface area contributed by atoms with Crippen LogP contribution < -0.4 is 0 Å². The first-order chi connectivity index (χ1) is 8.33. The van der Waals surface area contributed by atoms with Crippen LogP contribution in [0, 0.1) is 11.8 Å². The number of hydrogen-bond acceptors (Lipinski definition) is 3. The standard InChI is InChI=1S/C14H19NOS/c16-14-12-7-15(8-13(14)10-17-9-12)6-11-4-2-1-3-5-11/h1-5,12-14,16H,6-10H2. The predicted octanol–water partition coefficient (Wildman–Crippen LogP) is 1.84. The topological polar surface area (TPSA) is 23.5 Å². The lowest BCUT2D eigenvalue weighted by Gasteiger charge is -2.44. The van der Waals surface area contributed by atoms with E-state index in [2.05, 4.69) is 35.2 Å². The van der Waals surface area contributed by atoms with Crippen LogP contribution in [0.5, 0.6) is 0 Å². The predicted molar refractivity (Wildman–Crippen MR) is 72.0 cm³/mol. The molecule has 2 saturated heterocycles. The van der Waals surface area contributed by atoms with Gasteiger partial charge in [-0.15, -0.1) is 0 Å². The van der Waals surface area contributed by atoms with Crippen molar-refractivity contribution in [1.82, 2.24) is 4.90 Å². The van der Waals surface area contributed by atoms with Gasteiger partial charge in [-0.1, -0.05) is 30.3 Å². The average molecular weight is 249 g/mol. The molecule has 0 aromatic heterocycles. The maximum absolute atomic E-state index is 10.1. The van der Waals surface area contributed by atoms with E-state index in [4.69, 9.17) is 0 Å². The van der Waals surface area contributed by atoms with Gasteiger partial charge in [0.25, 0.3) is 0 Å². The molecule has 2 fully saturated rings. The Labute approximate surface area is 107 Å². The third kappa shape index (κ3) is 2.51. The number of likely N-dealkylation sites (tertiary alicyclic amines) is 1. The van der Waals surface area contributed by atoms with Gasteiger partial charge in [0.15, 0.2) is 0 Å². The summed E-state index contributed by atoms with van der Waals surface area (Å²) in [6.45, 7) is 3.14. The minimum atomic E-state index is -0.0525. The van der Waals surface area contributed by atoms with Gasteiger partial charge in [-0.3, -0.25) is 4.90 Å². The van der Waals surface area contributed by atoms with Gasteiger partial charge in [-0.2, -0.15) is 11.8 Å². The fourth-order valence-electron chi connectivity index (χ4n) is 2.98. The van der Waals surface area contributed by atoms with E-state index in [1.54, 1.807) is 0 Å². The molecule has 2 aliphatic rings. The van der Waals surface area contributed by atoms with Crippen molar-refractivity contribution >= 4 is 11.8 Å². The molecular formula is C14H19NOS. The van der Waals surface area contributed by atoms with Crippen molar-refractivity contribution in [2.45, 2.75) is 12.6 Å². The molecule has 0 saturated carbocycles. The zero-order valence-corrected chi connectivity index (χ0v) is 10.8. The Morgan fingerprint density at radius 2 is 1.76 bits per heavy atom. The summed E-state index contributed by atoms with van der Waals surface area (Å²) in [5.74, 6) is 3.22. The maximum Gasteiger partial charge on any atom is 0.0636 e. The van der Waals surface area contributed by atoms with E-state index < -0.39 is 0 Å². The molecule has 2 nitrogen and oxygen atoms in total. The molecule has 0 spiro atoms. The molecule has 2 heterocycles. The van der Waals surface area contributed by atoms with Crippen LogP contribution in [0.3, 0.4) is 0 Å². The fourth-order valence-corrected chi connectivity index (χ4v) is 4.33. The van der Waals surface area contributed by atoms with Gasteiger partial charge in [0.05, 0.1) is 6.10 Å². The molecule has 0 amide bonds. The van der Waals surface area contributed by atoms with Crippen LogP contribution in [0.15, 0.2) is 30.3 Å². The first-order valence-corrected chi connectivity index (χ1v) is 7.50. The Morgan fingerprint density at radius 1 is 1.12 bits per heavy atom. The van der Waals surface area contributed by atoms with E-state index in [1.807, 2.05) is 11.8 Å². The number of hydrogen-bond donors (Lipinski definition) is 1. The molecule has 2 atom stereocenters. The van der Waals surface area contributed by atoms with Crippen LogP contribution in [0.2, 0.25) is 0 Å². The Balaban J connectivity index is 1.66. The summed E-state index contributed by atoms with van der Waals surface area (Å²) >= 11 is 2.01. The molecular weight excluding hydrogens is 230 g/mol. The Morgan fingerprint density at radius 3 is 2.41 bits per heavy atom. The minimum absolute atomic E-state index is 0.0525. The van der Waals surface area contributed by atoms with Crippen LogP contribution in [-0.2, 0) is 6.54 Å². The normalized spacial score (nSPS) is 33.6. The van der Waals surface area contributed by atoms with Crippen LogP contribution in [-0.4, -0.2) is 40.7 Å². The molecule has 3 heteroatoms. The van der Waals surface area contributed by atoms with Gasteiger partial charge in [-0.25, -0.2) is 0 Å². The number of aliphatic hydroxyl groups is 1. The highest BCUT2D eigenvalue weighted by Crippen LogP contribution is 2.33. The summed E-state index contributed by atoms with van der Waals surface area (Å²) in [4.78, 5) is 2.51. The maximum atomic E-state index is 10.1. The molecule has 1 aromatic rings. The largest absolute Gasteiger partial charge is 0.392 e. The van der Waals surface area contributed by atoms with Crippen molar-refractivity contribution < 1.29 is 5.11 Å². The number of thioether (sulfide) groups is 1. The second-order valence-electron chi connectivity index (χ2n) is 5.23. The average Bonchev–Trinajstić information content (AvgIpc) is 2.32. The molecule has 2 bridgehead atoms. The highest BCUT2D eigenvalue weighted by molar-refractivity contribution is 7.99. The first-order valence-electron chi connectivity index (χ1n) is 6.35. The van der Waals surface area contributed by atoms with E-state index in [9.17, 15) is 5.11 Å². The van der Waals surface area contributed by atoms with Crippen LogP contribution in [0.25, 0.3) is 0 Å². The molecule has 1 aromatic carbocycles. The fraction of sp³-hybridized carbons (Fsp3) is 0.571. The van der Waals surface area contributed by atoms with Crippen molar-refractivity contribution in [3.05, 3.63) is 35.9 Å². The Hall–Kier alpha value is -0.510. The van der Waals surface area contributed by atoms with Crippen molar-refractivity contribution in [3.8, 4) is 0 Å². The Bertz CT molecular complexity index is 356. The highest BCUT2D eigenvalue weighted by atomic mass is 32.2. The van der Waals surface area contributed by atoms with E-state index in [-0.39, 0.29) is 6.10 Å². The third-order valence-electron chi connectivity index (χ3n) is 3.86. The molecule has 17 heavy (non-hydrogen) atoms. The molecule has 0 radical (unpaired) electrons.